The summed E-state index contributed by atoms with van der Waals surface area (Å²) in [6.45, 7) is 12.8. The first-order valence-electron chi connectivity index (χ1n) is 6.56. The molecule has 0 aliphatic rings. The highest BCUT2D eigenvalue weighted by molar-refractivity contribution is 5.33. The smallest absolute Gasteiger partial charge is 0.0238 e. The summed E-state index contributed by atoms with van der Waals surface area (Å²) in [4.78, 5) is 2.48. The summed E-state index contributed by atoms with van der Waals surface area (Å²) in [6.07, 6.45) is 0. The second-order valence-corrected chi connectivity index (χ2v) is 5.04. The van der Waals surface area contributed by atoms with Crippen LogP contribution in [0.15, 0.2) is 18.2 Å². The van der Waals surface area contributed by atoms with E-state index < -0.39 is 0 Å². The molecular formula is C15H26N2. The maximum Gasteiger partial charge on any atom is 0.0238 e. The summed E-state index contributed by atoms with van der Waals surface area (Å²) in [5.74, 6) is 0.569. The van der Waals surface area contributed by atoms with Crippen molar-refractivity contribution in [1.82, 2.24) is 4.90 Å². The second kappa shape index (κ2) is 6.77. The molecular weight excluding hydrogens is 208 g/mol. The third-order valence-corrected chi connectivity index (χ3v) is 3.45. The minimum atomic E-state index is 0.569. The molecule has 0 aliphatic carbocycles. The quantitative estimate of drug-likeness (QED) is 0.820. The molecule has 1 aromatic carbocycles. The number of aryl methyl sites for hydroxylation is 2. The molecule has 1 atom stereocenters. The van der Waals surface area contributed by atoms with Gasteiger partial charge in [0, 0.05) is 13.1 Å². The Bertz CT molecular complexity index is 327. The molecule has 0 saturated heterocycles. The molecule has 1 unspecified atom stereocenters. The van der Waals surface area contributed by atoms with Gasteiger partial charge in [0.2, 0.25) is 0 Å². The Morgan fingerprint density at radius 3 is 2.29 bits per heavy atom. The van der Waals surface area contributed by atoms with Gasteiger partial charge in [-0.3, -0.25) is 4.90 Å². The van der Waals surface area contributed by atoms with Crippen molar-refractivity contribution in [3.05, 3.63) is 34.9 Å². The van der Waals surface area contributed by atoms with E-state index in [1.54, 1.807) is 0 Å². The average molecular weight is 234 g/mol. The highest BCUT2D eigenvalue weighted by atomic mass is 15.1. The number of hydrogen-bond donors (Lipinski definition) is 1. The zero-order chi connectivity index (χ0) is 12.8. The predicted octanol–water partition coefficient (Wildman–Crippen LogP) is 2.72. The summed E-state index contributed by atoms with van der Waals surface area (Å²) in [7, 11) is 0. The maximum absolute atomic E-state index is 5.70. The van der Waals surface area contributed by atoms with E-state index in [4.69, 9.17) is 5.73 Å². The SMILES string of the molecule is CCN(Cc1c(C)cccc1C)CC(C)CN. The van der Waals surface area contributed by atoms with E-state index in [0.29, 0.717) is 5.92 Å². The van der Waals surface area contributed by atoms with E-state index in [0.717, 1.165) is 26.2 Å². The Balaban J connectivity index is 2.73. The topological polar surface area (TPSA) is 29.3 Å². The van der Waals surface area contributed by atoms with Crippen LogP contribution in [0.3, 0.4) is 0 Å². The van der Waals surface area contributed by atoms with Crippen LogP contribution in [-0.2, 0) is 6.54 Å². The standard InChI is InChI=1S/C15H26N2/c1-5-17(10-12(2)9-16)11-15-13(3)7-6-8-14(15)4/h6-8,12H,5,9-11,16H2,1-4H3. The van der Waals surface area contributed by atoms with Crippen LogP contribution in [0, 0.1) is 19.8 Å². The van der Waals surface area contributed by atoms with Crippen molar-refractivity contribution >= 4 is 0 Å². The van der Waals surface area contributed by atoms with Gasteiger partial charge in [-0.15, -0.1) is 0 Å². The average Bonchev–Trinajstić information content (AvgIpc) is 2.32. The molecule has 1 rings (SSSR count). The van der Waals surface area contributed by atoms with Crippen molar-refractivity contribution in [3.63, 3.8) is 0 Å². The predicted molar refractivity (Wildman–Crippen MR) is 75.1 cm³/mol. The Morgan fingerprint density at radius 2 is 1.82 bits per heavy atom. The number of hydrogen-bond acceptors (Lipinski definition) is 2. The highest BCUT2D eigenvalue weighted by Gasteiger charge is 2.10. The lowest BCUT2D eigenvalue weighted by Gasteiger charge is -2.25. The lowest BCUT2D eigenvalue weighted by atomic mass is 10.0. The van der Waals surface area contributed by atoms with Crippen molar-refractivity contribution in [3.8, 4) is 0 Å². The van der Waals surface area contributed by atoms with E-state index >= 15 is 0 Å². The lowest BCUT2D eigenvalue weighted by molar-refractivity contribution is 0.242. The molecule has 1 aromatic rings. The Labute approximate surface area is 106 Å². The van der Waals surface area contributed by atoms with Gasteiger partial charge in [-0.25, -0.2) is 0 Å². The molecule has 96 valence electrons. The molecule has 0 bridgehead atoms. The summed E-state index contributed by atoms with van der Waals surface area (Å²) >= 11 is 0. The largest absolute Gasteiger partial charge is 0.330 e. The van der Waals surface area contributed by atoms with Crippen LogP contribution in [0.5, 0.6) is 0 Å². The van der Waals surface area contributed by atoms with Crippen molar-refractivity contribution in [1.29, 1.82) is 0 Å². The lowest BCUT2D eigenvalue weighted by Crippen LogP contribution is -2.31. The van der Waals surface area contributed by atoms with Crippen LogP contribution in [0.4, 0.5) is 0 Å². The van der Waals surface area contributed by atoms with Gasteiger partial charge in [0.1, 0.15) is 0 Å². The molecule has 0 spiro atoms. The first-order chi connectivity index (χ1) is 8.08. The van der Waals surface area contributed by atoms with E-state index in [2.05, 4.69) is 50.8 Å². The van der Waals surface area contributed by atoms with Crippen LogP contribution < -0.4 is 5.73 Å². The van der Waals surface area contributed by atoms with Gasteiger partial charge in [-0.05, 0) is 49.5 Å². The van der Waals surface area contributed by atoms with Crippen molar-refractivity contribution in [2.75, 3.05) is 19.6 Å². The van der Waals surface area contributed by atoms with E-state index in [9.17, 15) is 0 Å². The zero-order valence-corrected chi connectivity index (χ0v) is 11.7. The molecule has 0 aliphatic heterocycles. The Hall–Kier alpha value is -0.860. The fraction of sp³-hybridized carbons (Fsp3) is 0.600. The van der Waals surface area contributed by atoms with Crippen molar-refractivity contribution in [2.45, 2.75) is 34.2 Å². The Morgan fingerprint density at radius 1 is 1.24 bits per heavy atom. The number of benzene rings is 1. The van der Waals surface area contributed by atoms with Gasteiger partial charge in [-0.1, -0.05) is 32.0 Å². The van der Waals surface area contributed by atoms with E-state index in [1.165, 1.54) is 16.7 Å². The van der Waals surface area contributed by atoms with Gasteiger partial charge < -0.3 is 5.73 Å². The summed E-state index contributed by atoms with van der Waals surface area (Å²) in [5.41, 5.74) is 9.96. The van der Waals surface area contributed by atoms with Crippen LogP contribution >= 0.6 is 0 Å². The van der Waals surface area contributed by atoms with Crippen molar-refractivity contribution < 1.29 is 0 Å². The van der Waals surface area contributed by atoms with Crippen LogP contribution in [-0.4, -0.2) is 24.5 Å². The van der Waals surface area contributed by atoms with E-state index in [-0.39, 0.29) is 0 Å². The summed E-state index contributed by atoms with van der Waals surface area (Å²) in [5, 5.41) is 0. The number of rotatable bonds is 6. The molecule has 2 N–H and O–H groups in total. The molecule has 0 amide bonds. The second-order valence-electron chi connectivity index (χ2n) is 5.04. The fourth-order valence-electron chi connectivity index (χ4n) is 2.14. The van der Waals surface area contributed by atoms with Gasteiger partial charge in [-0.2, -0.15) is 0 Å². The molecule has 0 heterocycles. The minimum absolute atomic E-state index is 0.569. The normalized spacial score (nSPS) is 13.1. The van der Waals surface area contributed by atoms with Gasteiger partial charge >= 0.3 is 0 Å². The minimum Gasteiger partial charge on any atom is -0.330 e. The zero-order valence-electron chi connectivity index (χ0n) is 11.7. The third-order valence-electron chi connectivity index (χ3n) is 3.45. The molecule has 2 nitrogen and oxygen atoms in total. The monoisotopic (exact) mass is 234 g/mol. The van der Waals surface area contributed by atoms with Crippen molar-refractivity contribution in [2.24, 2.45) is 11.7 Å². The first-order valence-corrected chi connectivity index (χ1v) is 6.56. The third kappa shape index (κ3) is 4.14. The number of nitrogens with two attached hydrogens (primary N) is 1. The first kappa shape index (κ1) is 14.2. The molecule has 2 heteroatoms. The molecule has 0 saturated carbocycles. The van der Waals surface area contributed by atoms with Gasteiger partial charge in [0.05, 0.1) is 0 Å². The van der Waals surface area contributed by atoms with E-state index in [1.807, 2.05) is 0 Å². The molecule has 0 aromatic heterocycles. The fourth-order valence-corrected chi connectivity index (χ4v) is 2.14. The summed E-state index contributed by atoms with van der Waals surface area (Å²) in [6, 6.07) is 6.53. The highest BCUT2D eigenvalue weighted by Crippen LogP contribution is 2.16. The Kier molecular flexibility index (Phi) is 5.66. The molecule has 0 fully saturated rings. The van der Waals surface area contributed by atoms with Crippen LogP contribution in [0.2, 0.25) is 0 Å². The van der Waals surface area contributed by atoms with Crippen LogP contribution in [0.25, 0.3) is 0 Å². The number of nitrogens with zero attached hydrogens (tertiary/aromatic N) is 1. The molecule has 17 heavy (non-hydrogen) atoms. The maximum atomic E-state index is 5.70. The van der Waals surface area contributed by atoms with Gasteiger partial charge in [0.25, 0.3) is 0 Å². The van der Waals surface area contributed by atoms with Crippen LogP contribution in [0.1, 0.15) is 30.5 Å². The summed E-state index contributed by atoms with van der Waals surface area (Å²) < 4.78 is 0. The molecule has 0 radical (unpaired) electrons. The van der Waals surface area contributed by atoms with Gasteiger partial charge in [0.15, 0.2) is 0 Å².